The van der Waals surface area contributed by atoms with Crippen LogP contribution in [0.1, 0.15) is 30.8 Å². The Bertz CT molecular complexity index is 978. The van der Waals surface area contributed by atoms with Crippen molar-refractivity contribution < 1.29 is 4.79 Å². The number of nitrogens with one attached hydrogen (secondary N) is 1. The molecule has 0 saturated carbocycles. The monoisotopic (exact) mass is 396 g/mol. The van der Waals surface area contributed by atoms with Gasteiger partial charge in [0.15, 0.2) is 10.8 Å². The van der Waals surface area contributed by atoms with Crippen LogP contribution in [0.3, 0.4) is 0 Å². The zero-order valence-electron chi connectivity index (χ0n) is 16.2. The molecule has 8 heteroatoms. The van der Waals surface area contributed by atoms with Gasteiger partial charge < -0.3 is 10.2 Å². The predicted molar refractivity (Wildman–Crippen MR) is 112 cm³/mol. The molecule has 0 unspecified atom stereocenters. The van der Waals surface area contributed by atoms with Crippen molar-refractivity contribution in [3.05, 3.63) is 41.9 Å². The molecule has 1 aliphatic rings. The zero-order chi connectivity index (χ0) is 19.5. The number of fused-ring (bicyclic) bond motifs is 1. The van der Waals surface area contributed by atoms with Gasteiger partial charge in [0, 0.05) is 36.2 Å². The minimum absolute atomic E-state index is 0.0646. The zero-order valence-corrected chi connectivity index (χ0v) is 17.0. The summed E-state index contributed by atoms with van der Waals surface area (Å²) in [5.74, 6) is 1.02. The van der Waals surface area contributed by atoms with Gasteiger partial charge in [-0.05, 0) is 57.4 Å². The average molecular weight is 397 g/mol. The van der Waals surface area contributed by atoms with Gasteiger partial charge in [0.25, 0.3) is 0 Å². The Morgan fingerprint density at radius 2 is 1.86 bits per heavy atom. The number of nitrogens with zero attached hydrogens (tertiary/aromatic N) is 5. The number of carbonyl (C=O) groups is 1. The van der Waals surface area contributed by atoms with Gasteiger partial charge in [-0.25, -0.2) is 4.98 Å². The van der Waals surface area contributed by atoms with Crippen LogP contribution in [0, 0.1) is 13.8 Å². The van der Waals surface area contributed by atoms with E-state index in [4.69, 9.17) is 0 Å². The highest BCUT2D eigenvalue weighted by Gasteiger charge is 2.13. The van der Waals surface area contributed by atoms with Crippen molar-refractivity contribution in [2.24, 2.45) is 0 Å². The van der Waals surface area contributed by atoms with E-state index in [0.29, 0.717) is 5.16 Å². The SMILES string of the molecule is Cc1cc2nnc(SCC(=O)Nc3ccc(N4CCCCC4)cc3)n2c(C)n1. The van der Waals surface area contributed by atoms with Gasteiger partial charge in [-0.15, -0.1) is 10.2 Å². The van der Waals surface area contributed by atoms with Gasteiger partial charge in [0.1, 0.15) is 5.82 Å². The van der Waals surface area contributed by atoms with Gasteiger partial charge >= 0.3 is 0 Å². The van der Waals surface area contributed by atoms with Gasteiger partial charge in [-0.3, -0.25) is 9.20 Å². The fourth-order valence-electron chi connectivity index (χ4n) is 3.53. The second-order valence-corrected chi connectivity index (χ2v) is 7.99. The van der Waals surface area contributed by atoms with Crippen molar-refractivity contribution >= 4 is 34.7 Å². The lowest BCUT2D eigenvalue weighted by Gasteiger charge is -2.28. The summed E-state index contributed by atoms with van der Waals surface area (Å²) in [4.78, 5) is 19.2. The van der Waals surface area contributed by atoms with Crippen molar-refractivity contribution in [1.29, 1.82) is 0 Å². The summed E-state index contributed by atoms with van der Waals surface area (Å²) >= 11 is 1.36. The average Bonchev–Trinajstić information content (AvgIpc) is 3.11. The van der Waals surface area contributed by atoms with Crippen molar-refractivity contribution in [2.75, 3.05) is 29.1 Å². The Morgan fingerprint density at radius 3 is 2.61 bits per heavy atom. The summed E-state index contributed by atoms with van der Waals surface area (Å²) in [6.45, 7) is 6.07. The molecule has 28 heavy (non-hydrogen) atoms. The van der Waals surface area contributed by atoms with E-state index in [1.54, 1.807) is 0 Å². The van der Waals surface area contributed by atoms with Crippen molar-refractivity contribution in [3.8, 4) is 0 Å². The van der Waals surface area contributed by atoms with Crippen molar-refractivity contribution in [2.45, 2.75) is 38.3 Å². The fourth-order valence-corrected chi connectivity index (χ4v) is 4.32. The second kappa shape index (κ2) is 8.18. The molecule has 0 spiro atoms. The third kappa shape index (κ3) is 4.11. The molecule has 0 radical (unpaired) electrons. The third-order valence-corrected chi connectivity index (χ3v) is 5.79. The number of piperidine rings is 1. The highest BCUT2D eigenvalue weighted by Crippen LogP contribution is 2.23. The van der Waals surface area contributed by atoms with E-state index in [-0.39, 0.29) is 11.7 Å². The van der Waals surface area contributed by atoms with Crippen molar-refractivity contribution in [1.82, 2.24) is 19.6 Å². The first-order valence-electron chi connectivity index (χ1n) is 9.57. The Hall–Kier alpha value is -2.61. The number of anilines is 2. The Morgan fingerprint density at radius 1 is 1.11 bits per heavy atom. The molecule has 1 aromatic carbocycles. The fraction of sp³-hybridized carbons (Fsp3) is 0.400. The molecule has 2 aromatic heterocycles. The lowest BCUT2D eigenvalue weighted by Crippen LogP contribution is -2.29. The number of aromatic nitrogens is 4. The van der Waals surface area contributed by atoms with Gasteiger partial charge in [-0.1, -0.05) is 11.8 Å². The number of hydrogen-bond donors (Lipinski definition) is 1. The Labute approximate surface area is 168 Å². The molecular formula is C20H24N6OS. The molecule has 1 aliphatic heterocycles. The Balaban J connectivity index is 1.36. The summed E-state index contributed by atoms with van der Waals surface area (Å²) in [6, 6.07) is 9.98. The summed E-state index contributed by atoms with van der Waals surface area (Å²) in [6.07, 6.45) is 3.82. The maximum absolute atomic E-state index is 12.4. The van der Waals surface area contributed by atoms with E-state index in [0.717, 1.165) is 35.9 Å². The highest BCUT2D eigenvalue weighted by atomic mass is 32.2. The number of rotatable bonds is 5. The minimum atomic E-state index is -0.0646. The number of benzene rings is 1. The molecule has 0 aliphatic carbocycles. The number of amides is 1. The molecule has 7 nitrogen and oxygen atoms in total. The van der Waals surface area contributed by atoms with Crippen LogP contribution < -0.4 is 10.2 Å². The van der Waals surface area contributed by atoms with Crippen LogP contribution >= 0.6 is 11.8 Å². The summed E-state index contributed by atoms with van der Waals surface area (Å²) in [7, 11) is 0. The van der Waals surface area contributed by atoms with Crippen LogP contribution in [0.4, 0.5) is 11.4 Å². The quantitative estimate of drug-likeness (QED) is 0.666. The third-order valence-electron chi connectivity index (χ3n) is 4.86. The molecule has 4 rings (SSSR count). The van der Waals surface area contributed by atoms with E-state index in [2.05, 4.69) is 37.5 Å². The summed E-state index contributed by atoms with van der Waals surface area (Å²) in [5, 5.41) is 12.0. The molecule has 0 atom stereocenters. The summed E-state index contributed by atoms with van der Waals surface area (Å²) < 4.78 is 1.87. The normalized spacial score (nSPS) is 14.4. The topological polar surface area (TPSA) is 75.4 Å². The number of thioether (sulfide) groups is 1. The first kappa shape index (κ1) is 18.7. The smallest absolute Gasteiger partial charge is 0.234 e. The maximum Gasteiger partial charge on any atom is 0.234 e. The van der Waals surface area contributed by atoms with E-state index in [9.17, 15) is 4.79 Å². The number of carbonyl (C=O) groups excluding carboxylic acids is 1. The maximum atomic E-state index is 12.4. The molecule has 1 amide bonds. The molecule has 1 fully saturated rings. The largest absolute Gasteiger partial charge is 0.372 e. The molecule has 1 N–H and O–H groups in total. The molecule has 1 saturated heterocycles. The van der Waals surface area contributed by atoms with Crippen LogP contribution in [-0.4, -0.2) is 44.3 Å². The van der Waals surface area contributed by atoms with Gasteiger partial charge in [-0.2, -0.15) is 0 Å². The highest BCUT2D eigenvalue weighted by molar-refractivity contribution is 7.99. The van der Waals surface area contributed by atoms with Crippen LogP contribution in [-0.2, 0) is 4.79 Å². The van der Waals surface area contributed by atoms with Crippen molar-refractivity contribution in [3.63, 3.8) is 0 Å². The summed E-state index contributed by atoms with van der Waals surface area (Å²) in [5.41, 5.74) is 3.69. The molecule has 146 valence electrons. The molecule has 0 bridgehead atoms. The molecule has 3 aromatic rings. The van der Waals surface area contributed by atoms with Gasteiger partial charge in [0.05, 0.1) is 5.75 Å². The lowest BCUT2D eigenvalue weighted by atomic mass is 10.1. The van der Waals surface area contributed by atoms with E-state index < -0.39 is 0 Å². The molecular weight excluding hydrogens is 372 g/mol. The minimum Gasteiger partial charge on any atom is -0.372 e. The first-order valence-corrected chi connectivity index (χ1v) is 10.6. The van der Waals surface area contributed by atoms with Crippen LogP contribution in [0.25, 0.3) is 5.65 Å². The van der Waals surface area contributed by atoms with E-state index >= 15 is 0 Å². The van der Waals surface area contributed by atoms with Gasteiger partial charge in [0.2, 0.25) is 5.91 Å². The van der Waals surface area contributed by atoms with Crippen LogP contribution in [0.5, 0.6) is 0 Å². The number of hydrogen-bond acceptors (Lipinski definition) is 6. The lowest BCUT2D eigenvalue weighted by molar-refractivity contribution is -0.113. The first-order chi connectivity index (χ1) is 13.6. The van der Waals surface area contributed by atoms with Crippen LogP contribution in [0.15, 0.2) is 35.5 Å². The standard InChI is InChI=1S/C20H24N6OS/c1-14-12-18-23-24-20(26(18)15(2)21-14)28-13-19(27)22-16-6-8-17(9-7-16)25-10-4-3-5-11-25/h6-9,12H,3-5,10-11,13H2,1-2H3,(H,22,27). The number of aryl methyl sites for hydroxylation is 2. The molecule has 3 heterocycles. The predicted octanol–water partition coefficient (Wildman–Crippen LogP) is 3.46. The Kier molecular flexibility index (Phi) is 5.47. The second-order valence-electron chi connectivity index (χ2n) is 7.05. The van der Waals surface area contributed by atoms with Crippen LogP contribution in [0.2, 0.25) is 0 Å². The van der Waals surface area contributed by atoms with E-state index in [1.807, 2.05) is 36.4 Å². The van der Waals surface area contributed by atoms with E-state index in [1.165, 1.54) is 36.7 Å².